The molecule has 1 aromatic heterocycles. The highest BCUT2D eigenvalue weighted by Gasteiger charge is 2.43. The van der Waals surface area contributed by atoms with Crippen molar-refractivity contribution in [3.63, 3.8) is 0 Å². The maximum Gasteiger partial charge on any atom is 0.273 e. The number of phenolic OH excluding ortho intramolecular Hbond substituents is 1. The van der Waals surface area contributed by atoms with Crippen molar-refractivity contribution in [2.75, 3.05) is 27.4 Å². The molecule has 0 aliphatic carbocycles. The lowest BCUT2D eigenvalue weighted by Crippen LogP contribution is -2.36. The number of para-hydroxylation sites is 1. The molecule has 1 fully saturated rings. The van der Waals surface area contributed by atoms with Gasteiger partial charge in [-0.2, -0.15) is 5.10 Å². The summed E-state index contributed by atoms with van der Waals surface area (Å²) in [5.41, 5.74) is 3.16. The van der Waals surface area contributed by atoms with Gasteiger partial charge in [0.05, 0.1) is 26.4 Å². The zero-order chi connectivity index (χ0) is 22.2. The van der Waals surface area contributed by atoms with Crippen molar-refractivity contribution in [3.8, 4) is 28.5 Å². The summed E-state index contributed by atoms with van der Waals surface area (Å²) in [6.07, 6.45) is 1.90. The number of fused-ring (bicyclic) bond motifs is 1. The number of methoxy groups -OCH3 is 2. The number of amides is 1. The van der Waals surface area contributed by atoms with Crippen LogP contribution in [0.25, 0.3) is 11.3 Å². The van der Waals surface area contributed by atoms with Gasteiger partial charge < -0.3 is 24.2 Å². The molecule has 2 aliphatic rings. The Morgan fingerprint density at radius 2 is 2.00 bits per heavy atom. The number of rotatable bonds is 6. The van der Waals surface area contributed by atoms with Crippen LogP contribution < -0.4 is 9.47 Å². The third-order valence-corrected chi connectivity index (χ3v) is 6.17. The lowest BCUT2D eigenvalue weighted by Gasteiger charge is -2.29. The van der Waals surface area contributed by atoms with Gasteiger partial charge in [-0.15, -0.1) is 0 Å². The lowest BCUT2D eigenvalue weighted by molar-refractivity contribution is 0.0495. The second-order valence-corrected chi connectivity index (χ2v) is 7.99. The molecule has 3 aromatic rings. The zero-order valence-electron chi connectivity index (χ0n) is 18.0. The molecule has 3 heterocycles. The van der Waals surface area contributed by atoms with Crippen LogP contribution in [-0.2, 0) is 4.74 Å². The van der Waals surface area contributed by atoms with Crippen LogP contribution in [0.15, 0.2) is 42.5 Å². The molecule has 1 amide bonds. The second kappa shape index (κ2) is 8.20. The van der Waals surface area contributed by atoms with Gasteiger partial charge in [0, 0.05) is 24.3 Å². The van der Waals surface area contributed by atoms with E-state index in [0.717, 1.165) is 24.0 Å². The van der Waals surface area contributed by atoms with Gasteiger partial charge in [-0.3, -0.25) is 9.89 Å². The summed E-state index contributed by atoms with van der Waals surface area (Å²) >= 11 is 0. The van der Waals surface area contributed by atoms with Gasteiger partial charge in [0.15, 0.2) is 11.5 Å². The molecule has 8 nitrogen and oxygen atoms in total. The number of hydrogen-bond acceptors (Lipinski definition) is 6. The number of benzene rings is 2. The van der Waals surface area contributed by atoms with Crippen LogP contribution in [0.4, 0.5) is 0 Å². The first-order valence-electron chi connectivity index (χ1n) is 10.6. The van der Waals surface area contributed by atoms with E-state index in [-0.39, 0.29) is 17.8 Å². The summed E-state index contributed by atoms with van der Waals surface area (Å²) in [5.74, 6) is 1.16. The number of aromatic amines is 1. The first-order chi connectivity index (χ1) is 15.6. The van der Waals surface area contributed by atoms with Crippen LogP contribution in [0, 0.1) is 0 Å². The third-order valence-electron chi connectivity index (χ3n) is 6.17. The van der Waals surface area contributed by atoms with E-state index in [4.69, 9.17) is 14.2 Å². The molecule has 166 valence electrons. The number of carbonyl (C=O) groups is 1. The van der Waals surface area contributed by atoms with Crippen LogP contribution >= 0.6 is 0 Å². The van der Waals surface area contributed by atoms with Gasteiger partial charge in [0.2, 0.25) is 0 Å². The standard InChI is InChI=1S/C24H25N3O5/c1-30-18-10-9-14(12-19(18)31-2)23-20-21(16-7-3-4-8-17(16)28)25-26-22(20)24(29)27(23)13-15-6-5-11-32-15/h3-4,7-10,12,15,23,28H,5-6,11,13H2,1-2H3,(H,25,26)/t15-,23-/m0/s1. The molecular weight excluding hydrogens is 410 g/mol. The normalized spacial score (nSPS) is 19.9. The van der Waals surface area contributed by atoms with Crippen molar-refractivity contribution in [1.82, 2.24) is 15.1 Å². The smallest absolute Gasteiger partial charge is 0.273 e. The molecular formula is C24H25N3O5. The third kappa shape index (κ3) is 3.27. The topological polar surface area (TPSA) is 96.9 Å². The van der Waals surface area contributed by atoms with Crippen molar-refractivity contribution in [3.05, 3.63) is 59.3 Å². The van der Waals surface area contributed by atoms with Gasteiger partial charge >= 0.3 is 0 Å². The predicted molar refractivity (Wildman–Crippen MR) is 117 cm³/mol. The molecule has 0 spiro atoms. The summed E-state index contributed by atoms with van der Waals surface area (Å²) in [6, 6.07) is 12.2. The number of nitrogens with zero attached hydrogens (tertiary/aromatic N) is 2. The Morgan fingerprint density at radius 1 is 1.19 bits per heavy atom. The number of carbonyl (C=O) groups excluding carboxylic acids is 1. The summed E-state index contributed by atoms with van der Waals surface area (Å²) in [6.45, 7) is 1.18. The molecule has 2 aromatic carbocycles. The number of phenols is 1. The van der Waals surface area contributed by atoms with Crippen molar-refractivity contribution >= 4 is 5.91 Å². The molecule has 0 bridgehead atoms. The van der Waals surface area contributed by atoms with E-state index in [0.29, 0.717) is 41.6 Å². The summed E-state index contributed by atoms with van der Waals surface area (Å²) < 4.78 is 16.7. The van der Waals surface area contributed by atoms with E-state index in [1.54, 1.807) is 32.4 Å². The Hall–Kier alpha value is -3.52. The highest BCUT2D eigenvalue weighted by Crippen LogP contribution is 2.46. The van der Waals surface area contributed by atoms with E-state index in [9.17, 15) is 9.90 Å². The van der Waals surface area contributed by atoms with E-state index in [1.807, 2.05) is 29.2 Å². The van der Waals surface area contributed by atoms with Gasteiger partial charge in [-0.25, -0.2) is 0 Å². The van der Waals surface area contributed by atoms with E-state index >= 15 is 0 Å². The van der Waals surface area contributed by atoms with Crippen molar-refractivity contribution in [2.24, 2.45) is 0 Å². The lowest BCUT2D eigenvalue weighted by atomic mass is 9.95. The Balaban J connectivity index is 1.65. The summed E-state index contributed by atoms with van der Waals surface area (Å²) in [7, 11) is 3.17. The fraction of sp³-hybridized carbons (Fsp3) is 0.333. The maximum atomic E-state index is 13.5. The minimum atomic E-state index is -0.408. The monoisotopic (exact) mass is 435 g/mol. The first-order valence-corrected chi connectivity index (χ1v) is 10.6. The molecule has 32 heavy (non-hydrogen) atoms. The zero-order valence-corrected chi connectivity index (χ0v) is 18.0. The number of H-pyrrole nitrogens is 1. The molecule has 0 radical (unpaired) electrons. The first kappa shape index (κ1) is 20.4. The Kier molecular flexibility index (Phi) is 5.22. The van der Waals surface area contributed by atoms with Crippen LogP contribution in [0.3, 0.4) is 0 Å². The molecule has 5 rings (SSSR count). The molecule has 2 aliphatic heterocycles. The fourth-order valence-electron chi connectivity index (χ4n) is 4.64. The van der Waals surface area contributed by atoms with E-state index < -0.39 is 6.04 Å². The Bertz CT molecular complexity index is 1150. The fourth-order valence-corrected chi connectivity index (χ4v) is 4.64. The number of nitrogens with one attached hydrogen (secondary N) is 1. The van der Waals surface area contributed by atoms with Gasteiger partial charge in [0.1, 0.15) is 17.1 Å². The summed E-state index contributed by atoms with van der Waals surface area (Å²) in [5, 5.41) is 17.8. The molecule has 1 saturated heterocycles. The van der Waals surface area contributed by atoms with E-state index in [2.05, 4.69) is 10.2 Å². The molecule has 0 unspecified atom stereocenters. The van der Waals surface area contributed by atoms with Crippen molar-refractivity contribution < 1.29 is 24.1 Å². The average Bonchev–Trinajstić information content (AvgIpc) is 3.53. The van der Waals surface area contributed by atoms with Crippen LogP contribution in [-0.4, -0.2) is 59.6 Å². The number of aromatic hydroxyl groups is 1. The minimum Gasteiger partial charge on any atom is -0.507 e. The number of ether oxygens (including phenoxy) is 3. The summed E-state index contributed by atoms with van der Waals surface area (Å²) in [4.78, 5) is 15.3. The van der Waals surface area contributed by atoms with Crippen LogP contribution in [0.5, 0.6) is 17.2 Å². The highest BCUT2D eigenvalue weighted by molar-refractivity contribution is 6.00. The van der Waals surface area contributed by atoms with Gasteiger partial charge in [-0.05, 0) is 42.7 Å². The quantitative estimate of drug-likeness (QED) is 0.615. The van der Waals surface area contributed by atoms with Gasteiger partial charge in [0.25, 0.3) is 5.91 Å². The van der Waals surface area contributed by atoms with Crippen LogP contribution in [0.1, 0.15) is 40.5 Å². The predicted octanol–water partition coefficient (Wildman–Crippen LogP) is 3.52. The largest absolute Gasteiger partial charge is 0.507 e. The second-order valence-electron chi connectivity index (χ2n) is 7.99. The molecule has 0 saturated carbocycles. The van der Waals surface area contributed by atoms with Crippen molar-refractivity contribution in [1.29, 1.82) is 0 Å². The highest BCUT2D eigenvalue weighted by atomic mass is 16.5. The number of hydrogen-bond donors (Lipinski definition) is 2. The Morgan fingerprint density at radius 3 is 2.72 bits per heavy atom. The van der Waals surface area contributed by atoms with Crippen LogP contribution in [0.2, 0.25) is 0 Å². The molecule has 8 heteroatoms. The van der Waals surface area contributed by atoms with E-state index in [1.165, 1.54) is 0 Å². The maximum absolute atomic E-state index is 13.5. The average molecular weight is 435 g/mol. The molecule has 2 atom stereocenters. The Labute approximate surface area is 185 Å². The van der Waals surface area contributed by atoms with Crippen molar-refractivity contribution in [2.45, 2.75) is 25.0 Å². The minimum absolute atomic E-state index is 0.00728. The number of aromatic nitrogens is 2. The SMILES string of the molecule is COc1ccc([C@H]2c3c(-c4ccccc4O)n[nH]c3C(=O)N2C[C@@H]2CCCO2)cc1OC. The van der Waals surface area contributed by atoms with Gasteiger partial charge in [-0.1, -0.05) is 18.2 Å². The molecule has 2 N–H and O–H groups in total.